The second kappa shape index (κ2) is 7.00. The Morgan fingerprint density at radius 3 is 2.44 bits per heavy atom. The highest BCUT2D eigenvalue weighted by atomic mass is 32.2. The van der Waals surface area contributed by atoms with Crippen molar-refractivity contribution < 1.29 is 16.8 Å². The van der Waals surface area contributed by atoms with Crippen LogP contribution in [-0.2, 0) is 32.7 Å². The molecule has 0 aromatic heterocycles. The Labute approximate surface area is 151 Å². The third kappa shape index (κ3) is 4.09. The van der Waals surface area contributed by atoms with Crippen LogP contribution in [0, 0.1) is 5.92 Å². The summed E-state index contributed by atoms with van der Waals surface area (Å²) in [6.45, 7) is 4.26. The van der Waals surface area contributed by atoms with E-state index in [1.54, 1.807) is 12.1 Å². The van der Waals surface area contributed by atoms with Gasteiger partial charge in [-0.15, -0.1) is 0 Å². The maximum Gasteiger partial charge on any atom is 0.243 e. The van der Waals surface area contributed by atoms with Gasteiger partial charge in [0.15, 0.2) is 9.84 Å². The molecule has 1 fully saturated rings. The SMILES string of the molecule is CC(C)CN([C@H]1CCS(=O)(=O)C1)S(=O)(=O)c1ccc2c(c1)CCCC2. The van der Waals surface area contributed by atoms with Crippen molar-refractivity contribution in [3.05, 3.63) is 29.3 Å². The fourth-order valence-electron chi connectivity index (χ4n) is 3.81. The molecule has 0 spiro atoms. The van der Waals surface area contributed by atoms with E-state index in [1.807, 2.05) is 19.9 Å². The van der Waals surface area contributed by atoms with Crippen LogP contribution in [0.15, 0.2) is 23.1 Å². The minimum atomic E-state index is -3.69. The van der Waals surface area contributed by atoms with Crippen LogP contribution in [-0.4, -0.2) is 45.2 Å². The number of sulfonamides is 1. The zero-order chi connectivity index (χ0) is 18.2. The lowest BCUT2D eigenvalue weighted by Crippen LogP contribution is -2.43. The molecule has 2 aliphatic rings. The summed E-state index contributed by atoms with van der Waals surface area (Å²) in [5, 5.41) is 0. The third-order valence-electron chi connectivity index (χ3n) is 5.09. The zero-order valence-electron chi connectivity index (χ0n) is 14.9. The highest BCUT2D eigenvalue weighted by molar-refractivity contribution is 7.92. The molecule has 1 atom stereocenters. The van der Waals surface area contributed by atoms with Gasteiger partial charge in [-0.3, -0.25) is 0 Å². The Bertz CT molecular complexity index is 844. The molecule has 140 valence electrons. The summed E-state index contributed by atoms with van der Waals surface area (Å²) in [4.78, 5) is 0.304. The normalized spacial score (nSPS) is 23.1. The molecular weight excluding hydrogens is 358 g/mol. The topological polar surface area (TPSA) is 71.5 Å². The molecule has 0 unspecified atom stereocenters. The van der Waals surface area contributed by atoms with Crippen LogP contribution in [0.1, 0.15) is 44.2 Å². The van der Waals surface area contributed by atoms with E-state index in [0.717, 1.165) is 31.2 Å². The smallest absolute Gasteiger partial charge is 0.229 e. The van der Waals surface area contributed by atoms with Crippen LogP contribution < -0.4 is 0 Å². The van der Waals surface area contributed by atoms with Crippen molar-refractivity contribution in [3.8, 4) is 0 Å². The number of hydrogen-bond donors (Lipinski definition) is 0. The molecule has 0 saturated carbocycles. The van der Waals surface area contributed by atoms with Crippen molar-refractivity contribution in [3.63, 3.8) is 0 Å². The molecule has 3 rings (SSSR count). The quantitative estimate of drug-likeness (QED) is 0.780. The van der Waals surface area contributed by atoms with Crippen LogP contribution in [0.25, 0.3) is 0 Å². The monoisotopic (exact) mass is 385 g/mol. The summed E-state index contributed by atoms with van der Waals surface area (Å²) in [6.07, 6.45) is 4.55. The Kier molecular flexibility index (Phi) is 5.28. The number of aryl methyl sites for hydroxylation is 2. The highest BCUT2D eigenvalue weighted by Gasteiger charge is 2.39. The van der Waals surface area contributed by atoms with Gasteiger partial charge in [-0.05, 0) is 61.3 Å². The Morgan fingerprint density at radius 2 is 1.84 bits per heavy atom. The average molecular weight is 386 g/mol. The van der Waals surface area contributed by atoms with E-state index < -0.39 is 25.9 Å². The van der Waals surface area contributed by atoms with Gasteiger partial charge in [-0.2, -0.15) is 4.31 Å². The molecule has 1 aliphatic heterocycles. The van der Waals surface area contributed by atoms with Crippen molar-refractivity contribution >= 4 is 19.9 Å². The first kappa shape index (κ1) is 18.9. The molecule has 0 amide bonds. The van der Waals surface area contributed by atoms with Crippen molar-refractivity contribution in [1.29, 1.82) is 0 Å². The summed E-state index contributed by atoms with van der Waals surface area (Å²) in [6, 6.07) is 4.98. The minimum Gasteiger partial charge on any atom is -0.229 e. The van der Waals surface area contributed by atoms with Gasteiger partial charge in [0.2, 0.25) is 10.0 Å². The Morgan fingerprint density at radius 1 is 1.16 bits per heavy atom. The maximum atomic E-state index is 13.3. The minimum absolute atomic E-state index is 0.0656. The van der Waals surface area contributed by atoms with Gasteiger partial charge in [0, 0.05) is 12.6 Å². The van der Waals surface area contributed by atoms with Crippen LogP contribution in [0.3, 0.4) is 0 Å². The van der Waals surface area contributed by atoms with Gasteiger partial charge in [-0.1, -0.05) is 19.9 Å². The number of nitrogens with zero attached hydrogens (tertiary/aromatic N) is 1. The number of fused-ring (bicyclic) bond motifs is 1. The highest BCUT2D eigenvalue weighted by Crippen LogP contribution is 2.29. The van der Waals surface area contributed by atoms with Crippen LogP contribution in [0.4, 0.5) is 0 Å². The fourth-order valence-corrected chi connectivity index (χ4v) is 7.51. The van der Waals surface area contributed by atoms with E-state index in [4.69, 9.17) is 0 Å². The van der Waals surface area contributed by atoms with Crippen molar-refractivity contribution in [2.24, 2.45) is 5.92 Å². The first-order valence-electron chi connectivity index (χ1n) is 9.03. The lowest BCUT2D eigenvalue weighted by atomic mass is 9.92. The summed E-state index contributed by atoms with van der Waals surface area (Å²) in [5.74, 6) is 0.145. The molecule has 0 N–H and O–H groups in total. The molecule has 1 aliphatic carbocycles. The third-order valence-corrected chi connectivity index (χ3v) is 8.75. The molecule has 7 heteroatoms. The lowest BCUT2D eigenvalue weighted by Gasteiger charge is -2.29. The molecule has 1 heterocycles. The number of hydrogen-bond acceptors (Lipinski definition) is 4. The van der Waals surface area contributed by atoms with Crippen LogP contribution >= 0.6 is 0 Å². The molecule has 5 nitrogen and oxygen atoms in total. The zero-order valence-corrected chi connectivity index (χ0v) is 16.6. The number of benzene rings is 1. The average Bonchev–Trinajstić information content (AvgIpc) is 2.91. The predicted molar refractivity (Wildman–Crippen MR) is 98.9 cm³/mol. The fraction of sp³-hybridized carbons (Fsp3) is 0.667. The Hall–Kier alpha value is -0.920. The van der Waals surface area contributed by atoms with E-state index in [0.29, 0.717) is 17.9 Å². The van der Waals surface area contributed by atoms with Crippen LogP contribution in [0.2, 0.25) is 0 Å². The van der Waals surface area contributed by atoms with E-state index in [-0.39, 0.29) is 17.4 Å². The second-order valence-corrected chi connectivity index (χ2v) is 11.8. The van der Waals surface area contributed by atoms with Crippen LogP contribution in [0.5, 0.6) is 0 Å². The molecule has 1 saturated heterocycles. The Balaban J connectivity index is 1.96. The standard InChI is InChI=1S/C18H27NO4S2/c1-14(2)12-19(17-9-10-24(20,21)13-17)25(22,23)18-8-7-15-5-3-4-6-16(15)11-18/h7-8,11,14,17H,3-6,9-10,12-13H2,1-2H3/t17-/m0/s1. The van der Waals surface area contributed by atoms with Gasteiger partial charge in [0.25, 0.3) is 0 Å². The molecule has 0 bridgehead atoms. The predicted octanol–water partition coefficient (Wildman–Crippen LogP) is 2.40. The van der Waals surface area contributed by atoms with Crippen molar-refractivity contribution in [1.82, 2.24) is 4.31 Å². The largest absolute Gasteiger partial charge is 0.243 e. The van der Waals surface area contributed by atoms with E-state index in [1.165, 1.54) is 9.87 Å². The van der Waals surface area contributed by atoms with E-state index >= 15 is 0 Å². The summed E-state index contributed by atoms with van der Waals surface area (Å²) in [5.41, 5.74) is 2.36. The molecular formula is C18H27NO4S2. The molecule has 1 aromatic rings. The summed E-state index contributed by atoms with van der Waals surface area (Å²) >= 11 is 0. The number of sulfone groups is 1. The first-order valence-corrected chi connectivity index (χ1v) is 12.3. The van der Waals surface area contributed by atoms with E-state index in [2.05, 4.69) is 0 Å². The van der Waals surface area contributed by atoms with Gasteiger partial charge in [-0.25, -0.2) is 16.8 Å². The second-order valence-electron chi connectivity index (χ2n) is 7.66. The maximum absolute atomic E-state index is 13.3. The van der Waals surface area contributed by atoms with Gasteiger partial charge >= 0.3 is 0 Å². The molecule has 0 radical (unpaired) electrons. The van der Waals surface area contributed by atoms with Crippen molar-refractivity contribution in [2.75, 3.05) is 18.1 Å². The first-order chi connectivity index (χ1) is 11.7. The summed E-state index contributed by atoms with van der Waals surface area (Å²) in [7, 11) is -6.83. The van der Waals surface area contributed by atoms with Gasteiger partial charge < -0.3 is 0 Å². The molecule has 1 aromatic carbocycles. The lowest BCUT2D eigenvalue weighted by molar-refractivity contribution is 0.307. The van der Waals surface area contributed by atoms with Crippen molar-refractivity contribution in [2.45, 2.75) is 56.9 Å². The molecule has 25 heavy (non-hydrogen) atoms. The van der Waals surface area contributed by atoms with Gasteiger partial charge in [0.05, 0.1) is 16.4 Å². The summed E-state index contributed by atoms with van der Waals surface area (Å²) < 4.78 is 51.7. The van der Waals surface area contributed by atoms with Gasteiger partial charge in [0.1, 0.15) is 0 Å². The van der Waals surface area contributed by atoms with E-state index in [9.17, 15) is 16.8 Å². The number of rotatable bonds is 5.